The van der Waals surface area contributed by atoms with Gasteiger partial charge < -0.3 is 14.5 Å². The van der Waals surface area contributed by atoms with Crippen molar-refractivity contribution in [3.63, 3.8) is 0 Å². The van der Waals surface area contributed by atoms with Crippen LogP contribution in [0, 0.1) is 0 Å². The molecule has 5 nitrogen and oxygen atoms in total. The molecule has 0 aliphatic carbocycles. The van der Waals surface area contributed by atoms with Crippen LogP contribution in [-0.2, 0) is 15.0 Å². The van der Waals surface area contributed by atoms with Crippen molar-refractivity contribution in [3.8, 4) is 5.75 Å². The van der Waals surface area contributed by atoms with Crippen molar-refractivity contribution in [2.75, 3.05) is 32.1 Å². The van der Waals surface area contributed by atoms with Gasteiger partial charge >= 0.3 is 0 Å². The fourth-order valence-corrected chi connectivity index (χ4v) is 3.65. The molecule has 1 aromatic rings. The third kappa shape index (κ3) is 1.99. The van der Waals surface area contributed by atoms with Gasteiger partial charge in [-0.2, -0.15) is 0 Å². The number of benzene rings is 1. The van der Waals surface area contributed by atoms with Crippen LogP contribution in [0.1, 0.15) is 31.7 Å². The van der Waals surface area contributed by atoms with Crippen LogP contribution in [0.15, 0.2) is 18.2 Å². The number of amides is 2. The summed E-state index contributed by atoms with van der Waals surface area (Å²) < 4.78 is 5.32. The molecule has 1 saturated heterocycles. The molecule has 1 fully saturated rings. The monoisotopic (exact) mass is 302 g/mol. The lowest BCUT2D eigenvalue weighted by Crippen LogP contribution is -2.42. The van der Waals surface area contributed by atoms with E-state index < -0.39 is 5.41 Å². The number of ether oxygens (including phenoxy) is 1. The average molecular weight is 302 g/mol. The molecule has 2 amide bonds. The molecule has 3 rings (SSSR count). The zero-order valence-corrected chi connectivity index (χ0v) is 13.4. The van der Waals surface area contributed by atoms with Crippen LogP contribution < -0.4 is 9.64 Å². The van der Waals surface area contributed by atoms with E-state index in [1.54, 1.807) is 19.1 Å². The van der Waals surface area contributed by atoms with E-state index in [4.69, 9.17) is 4.74 Å². The molecular formula is C17H22N2O3. The van der Waals surface area contributed by atoms with Gasteiger partial charge in [-0.15, -0.1) is 0 Å². The van der Waals surface area contributed by atoms with E-state index in [1.807, 2.05) is 30.0 Å². The zero-order chi connectivity index (χ0) is 15.9. The van der Waals surface area contributed by atoms with E-state index in [9.17, 15) is 9.59 Å². The molecular weight excluding hydrogens is 280 g/mol. The van der Waals surface area contributed by atoms with Gasteiger partial charge in [0.15, 0.2) is 0 Å². The minimum Gasteiger partial charge on any atom is -0.497 e. The maximum absolute atomic E-state index is 12.9. The number of likely N-dealkylation sites (tertiary alicyclic amines) is 1. The predicted molar refractivity (Wildman–Crippen MR) is 84.2 cm³/mol. The third-order valence-electron chi connectivity index (χ3n) is 4.88. The molecule has 1 atom stereocenters. The van der Waals surface area contributed by atoms with Crippen LogP contribution in [0.25, 0.3) is 0 Å². The number of carbonyl (C=O) groups excluding carboxylic acids is 2. The highest BCUT2D eigenvalue weighted by Crippen LogP contribution is 2.48. The van der Waals surface area contributed by atoms with Crippen LogP contribution in [0.3, 0.4) is 0 Å². The third-order valence-corrected chi connectivity index (χ3v) is 4.88. The highest BCUT2D eigenvalue weighted by Gasteiger charge is 2.54. The Morgan fingerprint density at radius 3 is 2.86 bits per heavy atom. The summed E-state index contributed by atoms with van der Waals surface area (Å²) in [5.41, 5.74) is 1.32. The van der Waals surface area contributed by atoms with Crippen molar-refractivity contribution in [1.82, 2.24) is 4.90 Å². The fourth-order valence-electron chi connectivity index (χ4n) is 3.65. The van der Waals surface area contributed by atoms with E-state index in [2.05, 4.69) is 0 Å². The van der Waals surface area contributed by atoms with Crippen LogP contribution in [-0.4, -0.2) is 44.0 Å². The van der Waals surface area contributed by atoms with Crippen LogP contribution in [0.5, 0.6) is 5.75 Å². The van der Waals surface area contributed by atoms with Crippen molar-refractivity contribution in [1.29, 1.82) is 0 Å². The molecule has 22 heavy (non-hydrogen) atoms. The Bertz CT molecular complexity index is 628. The first kappa shape index (κ1) is 14.9. The molecule has 0 aromatic heterocycles. The molecule has 2 heterocycles. The number of methoxy groups -OCH3 is 1. The lowest BCUT2D eigenvalue weighted by molar-refractivity contribution is -0.130. The van der Waals surface area contributed by atoms with Crippen molar-refractivity contribution < 1.29 is 14.3 Å². The molecule has 5 heteroatoms. The first-order valence-corrected chi connectivity index (χ1v) is 7.78. The number of hydrogen-bond acceptors (Lipinski definition) is 3. The standard InChI is InChI=1S/C17H22N2O3/c1-4-5-15(20)19-9-8-17(11-19)13-10-12(22-3)6-7-14(13)18(2)16(17)21/h6-7,10H,4-5,8-9,11H2,1-3H3. The Labute approximate surface area is 130 Å². The Morgan fingerprint density at radius 2 is 2.18 bits per heavy atom. The number of likely N-dealkylation sites (N-methyl/N-ethyl adjacent to an activating group) is 1. The Hall–Kier alpha value is -2.04. The molecule has 1 unspecified atom stereocenters. The smallest absolute Gasteiger partial charge is 0.239 e. The van der Waals surface area contributed by atoms with Gasteiger partial charge in [-0.05, 0) is 36.6 Å². The van der Waals surface area contributed by atoms with Gasteiger partial charge in [-0.3, -0.25) is 9.59 Å². The number of hydrogen-bond donors (Lipinski definition) is 0. The van der Waals surface area contributed by atoms with E-state index in [-0.39, 0.29) is 11.8 Å². The Morgan fingerprint density at radius 1 is 1.41 bits per heavy atom. The molecule has 2 aliphatic heterocycles. The quantitative estimate of drug-likeness (QED) is 0.857. The second-order valence-corrected chi connectivity index (χ2v) is 6.14. The second-order valence-electron chi connectivity index (χ2n) is 6.14. The van der Waals surface area contributed by atoms with Gasteiger partial charge in [-0.1, -0.05) is 6.92 Å². The summed E-state index contributed by atoms with van der Waals surface area (Å²) in [6.07, 6.45) is 2.07. The molecule has 0 radical (unpaired) electrons. The maximum atomic E-state index is 12.9. The highest BCUT2D eigenvalue weighted by molar-refractivity contribution is 6.08. The summed E-state index contributed by atoms with van der Waals surface area (Å²) in [5.74, 6) is 0.980. The minimum absolute atomic E-state index is 0.0857. The van der Waals surface area contributed by atoms with Crippen molar-refractivity contribution in [2.45, 2.75) is 31.6 Å². The second kappa shape index (κ2) is 5.30. The average Bonchev–Trinajstić information content (AvgIpc) is 3.06. The number of rotatable bonds is 3. The van der Waals surface area contributed by atoms with Gasteiger partial charge in [0.25, 0.3) is 0 Å². The SMILES string of the molecule is CCCC(=O)N1CCC2(C1)C(=O)N(C)c1ccc(OC)cc12. The number of carbonyl (C=O) groups is 2. The molecule has 2 aliphatic rings. The Kier molecular flexibility index (Phi) is 3.59. The molecule has 0 saturated carbocycles. The summed E-state index contributed by atoms with van der Waals surface area (Å²) in [5, 5.41) is 0. The van der Waals surface area contributed by atoms with E-state index in [0.29, 0.717) is 25.9 Å². The molecule has 1 spiro atoms. The summed E-state index contributed by atoms with van der Waals surface area (Å²) in [4.78, 5) is 28.6. The van der Waals surface area contributed by atoms with Gasteiger partial charge in [0, 0.05) is 32.2 Å². The molecule has 118 valence electrons. The lowest BCUT2D eigenvalue weighted by Gasteiger charge is -2.23. The number of anilines is 1. The highest BCUT2D eigenvalue weighted by atomic mass is 16.5. The topological polar surface area (TPSA) is 49.9 Å². The van der Waals surface area contributed by atoms with Crippen LogP contribution in [0.4, 0.5) is 5.69 Å². The normalized spacial score (nSPS) is 23.3. The largest absolute Gasteiger partial charge is 0.497 e. The van der Waals surface area contributed by atoms with Crippen molar-refractivity contribution >= 4 is 17.5 Å². The maximum Gasteiger partial charge on any atom is 0.239 e. The first-order chi connectivity index (χ1) is 10.5. The van der Waals surface area contributed by atoms with Gasteiger partial charge in [0.1, 0.15) is 5.75 Å². The predicted octanol–water partition coefficient (Wildman–Crippen LogP) is 1.94. The summed E-state index contributed by atoms with van der Waals surface area (Å²) in [6, 6.07) is 5.75. The summed E-state index contributed by atoms with van der Waals surface area (Å²) in [6.45, 7) is 3.13. The van der Waals surface area contributed by atoms with E-state index in [1.165, 1.54) is 0 Å². The molecule has 1 aromatic carbocycles. The first-order valence-electron chi connectivity index (χ1n) is 7.78. The number of fused-ring (bicyclic) bond motifs is 2. The molecule has 0 bridgehead atoms. The summed E-state index contributed by atoms with van der Waals surface area (Å²) >= 11 is 0. The van der Waals surface area contributed by atoms with Crippen molar-refractivity contribution in [3.05, 3.63) is 23.8 Å². The van der Waals surface area contributed by atoms with Gasteiger partial charge in [-0.25, -0.2) is 0 Å². The van der Waals surface area contributed by atoms with Crippen molar-refractivity contribution in [2.24, 2.45) is 0 Å². The minimum atomic E-state index is -0.595. The zero-order valence-electron chi connectivity index (χ0n) is 13.4. The van der Waals surface area contributed by atoms with Gasteiger partial charge in [0.05, 0.1) is 12.5 Å². The fraction of sp³-hybridized carbons (Fsp3) is 0.529. The van der Waals surface area contributed by atoms with E-state index >= 15 is 0 Å². The summed E-state index contributed by atoms with van der Waals surface area (Å²) in [7, 11) is 3.43. The number of nitrogens with zero attached hydrogens (tertiary/aromatic N) is 2. The Balaban J connectivity index is 1.98. The van der Waals surface area contributed by atoms with Gasteiger partial charge in [0.2, 0.25) is 11.8 Å². The lowest BCUT2D eigenvalue weighted by atomic mass is 9.81. The van der Waals surface area contributed by atoms with E-state index in [0.717, 1.165) is 23.4 Å². The van der Waals surface area contributed by atoms with Crippen LogP contribution >= 0.6 is 0 Å². The molecule has 0 N–H and O–H groups in total. The van der Waals surface area contributed by atoms with Crippen LogP contribution in [0.2, 0.25) is 0 Å².